The van der Waals surface area contributed by atoms with E-state index in [9.17, 15) is 18.0 Å². The Hall–Kier alpha value is -3.07. The third-order valence-electron chi connectivity index (χ3n) is 4.60. The highest BCUT2D eigenvalue weighted by Crippen LogP contribution is 2.34. The van der Waals surface area contributed by atoms with Gasteiger partial charge in [-0.05, 0) is 54.8 Å². The Bertz CT molecular complexity index is 1110. The second-order valence-electron chi connectivity index (χ2n) is 6.96. The molecule has 0 N–H and O–H groups in total. The van der Waals surface area contributed by atoms with Crippen molar-refractivity contribution in [2.45, 2.75) is 33.3 Å². The number of carbonyl (C=O) groups excluding carboxylic acids is 1. The highest BCUT2D eigenvalue weighted by molar-refractivity contribution is 7.09. The summed E-state index contributed by atoms with van der Waals surface area (Å²) in [6.07, 6.45) is -5.17. The largest absolute Gasteiger partial charge is 0.573 e. The van der Waals surface area contributed by atoms with Crippen LogP contribution in [0.2, 0.25) is 0 Å². The number of carbonyl (C=O) groups is 1. The molecule has 0 bridgehead atoms. The fraction of sp³-hybridized carbons (Fsp3) is 0.238. The summed E-state index contributed by atoms with van der Waals surface area (Å²) in [6.45, 7) is 4.16. The van der Waals surface area contributed by atoms with E-state index in [1.54, 1.807) is 36.1 Å². The van der Waals surface area contributed by atoms with Crippen molar-refractivity contribution in [1.82, 2.24) is 9.88 Å². The van der Waals surface area contributed by atoms with Crippen LogP contribution in [0.3, 0.4) is 0 Å². The minimum atomic E-state index is -4.73. The van der Waals surface area contributed by atoms with Gasteiger partial charge in [-0.2, -0.15) is 0 Å². The zero-order valence-electron chi connectivity index (χ0n) is 16.1. The normalized spacial score (nSPS) is 13.8. The lowest BCUT2D eigenvalue weighted by Gasteiger charge is -2.27. The van der Waals surface area contributed by atoms with Crippen LogP contribution >= 0.6 is 11.3 Å². The second kappa shape index (κ2) is 7.64. The molecule has 5 nitrogen and oxygen atoms in total. The van der Waals surface area contributed by atoms with Crippen LogP contribution in [0, 0.1) is 13.8 Å². The average Bonchev–Trinajstić information content (AvgIpc) is 3.07. The molecule has 0 saturated carbocycles. The lowest BCUT2D eigenvalue weighted by molar-refractivity contribution is -0.274. The van der Waals surface area contributed by atoms with E-state index in [4.69, 9.17) is 4.74 Å². The van der Waals surface area contributed by atoms with Crippen LogP contribution in [0.5, 0.6) is 11.5 Å². The van der Waals surface area contributed by atoms with E-state index in [-0.39, 0.29) is 5.75 Å². The molecule has 0 radical (unpaired) electrons. The van der Waals surface area contributed by atoms with Gasteiger partial charge in [0.1, 0.15) is 16.5 Å². The number of amides is 1. The van der Waals surface area contributed by atoms with Crippen LogP contribution in [0.25, 0.3) is 11.1 Å². The predicted molar refractivity (Wildman–Crippen MR) is 105 cm³/mol. The number of ether oxygens (including phenoxy) is 2. The van der Waals surface area contributed by atoms with Crippen LogP contribution in [0.15, 0.2) is 41.8 Å². The number of hydrogen-bond acceptors (Lipinski definition) is 5. The minimum absolute atomic E-state index is 0.233. The van der Waals surface area contributed by atoms with E-state index in [1.807, 2.05) is 18.4 Å². The SMILES string of the molecule is Cc1csc(CN2Cc3cc(-c4ccc(OC(F)(F)F)c(C)c4)ccc3OC2=O)n1. The van der Waals surface area contributed by atoms with E-state index in [0.29, 0.717) is 24.4 Å². The first-order valence-corrected chi connectivity index (χ1v) is 9.93. The van der Waals surface area contributed by atoms with Gasteiger partial charge < -0.3 is 9.47 Å². The Morgan fingerprint density at radius 3 is 2.57 bits per heavy atom. The minimum Gasteiger partial charge on any atom is -0.410 e. The number of halogens is 3. The van der Waals surface area contributed by atoms with E-state index < -0.39 is 12.5 Å². The lowest BCUT2D eigenvalue weighted by atomic mass is 10.00. The quantitative estimate of drug-likeness (QED) is 0.518. The van der Waals surface area contributed by atoms with Gasteiger partial charge in [0.15, 0.2) is 0 Å². The smallest absolute Gasteiger partial charge is 0.410 e. The first-order valence-electron chi connectivity index (χ1n) is 9.05. The first kappa shape index (κ1) is 20.2. The number of benzene rings is 2. The van der Waals surface area contributed by atoms with Crippen LogP contribution < -0.4 is 9.47 Å². The van der Waals surface area contributed by atoms with Gasteiger partial charge in [0.2, 0.25) is 0 Å². The monoisotopic (exact) mass is 434 g/mol. The molecule has 0 aliphatic carbocycles. The summed E-state index contributed by atoms with van der Waals surface area (Å²) in [5.41, 5.74) is 3.63. The van der Waals surface area contributed by atoms with Crippen molar-refractivity contribution in [3.05, 3.63) is 63.6 Å². The molecule has 1 aliphatic heterocycles. The third kappa shape index (κ3) is 4.40. The summed E-state index contributed by atoms with van der Waals surface area (Å²) in [5, 5.41) is 2.74. The molecule has 0 saturated heterocycles. The van der Waals surface area contributed by atoms with Crippen molar-refractivity contribution >= 4 is 17.4 Å². The van der Waals surface area contributed by atoms with Gasteiger partial charge in [-0.15, -0.1) is 24.5 Å². The molecule has 30 heavy (non-hydrogen) atoms. The van der Waals surface area contributed by atoms with Gasteiger partial charge in [-0.25, -0.2) is 9.78 Å². The fourth-order valence-corrected chi connectivity index (χ4v) is 4.02. The molecule has 0 spiro atoms. The molecule has 1 amide bonds. The molecular weight excluding hydrogens is 417 g/mol. The van der Waals surface area contributed by atoms with E-state index in [0.717, 1.165) is 27.4 Å². The molecule has 0 atom stereocenters. The molecular formula is C21H17F3N2O3S. The molecule has 0 fully saturated rings. The maximum Gasteiger partial charge on any atom is 0.573 e. The van der Waals surface area contributed by atoms with Crippen molar-refractivity contribution in [2.24, 2.45) is 0 Å². The standard InChI is InChI=1S/C21H17F3N2O3S/c1-12-7-14(3-5-17(12)29-21(22,23)24)15-4-6-18-16(8-15)9-26(20(27)28-18)10-19-25-13(2)11-30-19/h3-8,11H,9-10H2,1-2H3. The van der Waals surface area contributed by atoms with Crippen molar-refractivity contribution in [1.29, 1.82) is 0 Å². The summed E-state index contributed by atoms with van der Waals surface area (Å²) < 4.78 is 46.9. The summed E-state index contributed by atoms with van der Waals surface area (Å²) in [6, 6.07) is 9.85. The Balaban J connectivity index is 1.57. The van der Waals surface area contributed by atoms with Crippen molar-refractivity contribution in [2.75, 3.05) is 0 Å². The lowest BCUT2D eigenvalue weighted by Crippen LogP contribution is -2.36. The fourth-order valence-electron chi connectivity index (χ4n) is 3.24. The van der Waals surface area contributed by atoms with Crippen LogP contribution in [0.4, 0.5) is 18.0 Å². The number of fused-ring (bicyclic) bond motifs is 1. The molecule has 4 rings (SSSR count). The van der Waals surface area contributed by atoms with Gasteiger partial charge in [-0.3, -0.25) is 4.90 Å². The number of alkyl halides is 3. The zero-order chi connectivity index (χ0) is 21.5. The molecule has 1 aliphatic rings. The first-order chi connectivity index (χ1) is 14.2. The topological polar surface area (TPSA) is 51.7 Å². The number of rotatable bonds is 4. The summed E-state index contributed by atoms with van der Waals surface area (Å²) in [4.78, 5) is 18.2. The maximum atomic E-state index is 12.5. The number of nitrogens with zero attached hydrogens (tertiary/aromatic N) is 2. The van der Waals surface area contributed by atoms with Crippen molar-refractivity contribution < 1.29 is 27.4 Å². The number of aromatic nitrogens is 1. The van der Waals surface area contributed by atoms with Crippen molar-refractivity contribution in [3.63, 3.8) is 0 Å². The Labute approximate surface area is 174 Å². The van der Waals surface area contributed by atoms with E-state index in [1.165, 1.54) is 17.4 Å². The highest BCUT2D eigenvalue weighted by atomic mass is 32.1. The molecule has 3 aromatic rings. The Morgan fingerprint density at radius 2 is 1.90 bits per heavy atom. The van der Waals surface area contributed by atoms with Crippen LogP contribution in [-0.4, -0.2) is 22.3 Å². The zero-order valence-corrected chi connectivity index (χ0v) is 16.9. The van der Waals surface area contributed by atoms with Crippen molar-refractivity contribution in [3.8, 4) is 22.6 Å². The Kier molecular flexibility index (Phi) is 5.15. The van der Waals surface area contributed by atoms with Gasteiger partial charge in [0, 0.05) is 16.6 Å². The maximum absolute atomic E-state index is 12.5. The Morgan fingerprint density at radius 1 is 1.17 bits per heavy atom. The van der Waals surface area contributed by atoms with Gasteiger partial charge in [0.05, 0.1) is 13.1 Å². The van der Waals surface area contributed by atoms with E-state index >= 15 is 0 Å². The molecule has 2 heterocycles. The third-order valence-corrected chi connectivity index (χ3v) is 5.56. The summed E-state index contributed by atoms with van der Waals surface area (Å²) in [5.74, 6) is 0.243. The molecule has 156 valence electrons. The predicted octanol–water partition coefficient (Wildman–Crippen LogP) is 5.84. The van der Waals surface area contributed by atoms with Gasteiger partial charge >= 0.3 is 12.5 Å². The summed E-state index contributed by atoms with van der Waals surface area (Å²) >= 11 is 1.48. The van der Waals surface area contributed by atoms with Crippen LogP contribution in [-0.2, 0) is 13.1 Å². The molecule has 1 aromatic heterocycles. The number of thiazole rings is 1. The highest BCUT2D eigenvalue weighted by Gasteiger charge is 2.32. The molecule has 0 unspecified atom stereocenters. The molecule has 2 aromatic carbocycles. The summed E-state index contributed by atoms with van der Waals surface area (Å²) in [7, 11) is 0. The van der Waals surface area contributed by atoms with E-state index in [2.05, 4.69) is 9.72 Å². The van der Waals surface area contributed by atoms with Gasteiger partial charge in [0.25, 0.3) is 0 Å². The number of hydrogen-bond donors (Lipinski definition) is 0. The number of aryl methyl sites for hydroxylation is 2. The van der Waals surface area contributed by atoms with Gasteiger partial charge in [-0.1, -0.05) is 12.1 Å². The average molecular weight is 434 g/mol. The molecule has 9 heteroatoms. The van der Waals surface area contributed by atoms with Crippen LogP contribution in [0.1, 0.15) is 21.8 Å². The second-order valence-corrected chi connectivity index (χ2v) is 7.90.